The first kappa shape index (κ1) is 37.4. The van der Waals surface area contributed by atoms with E-state index in [0.717, 1.165) is 7.11 Å². The van der Waals surface area contributed by atoms with E-state index in [0.29, 0.717) is 17.0 Å². The van der Waals surface area contributed by atoms with Gasteiger partial charge in [-0.25, -0.2) is 19.1 Å². The van der Waals surface area contributed by atoms with E-state index < -0.39 is 73.0 Å². The topological polar surface area (TPSA) is 205 Å². The first-order chi connectivity index (χ1) is 24.1. The minimum absolute atomic E-state index is 0.0871. The summed E-state index contributed by atoms with van der Waals surface area (Å²) in [5, 5.41) is 17.7. The summed E-state index contributed by atoms with van der Waals surface area (Å²) < 4.78 is 51.3. The minimum Gasteiger partial charge on any atom is -0.468 e. The van der Waals surface area contributed by atoms with E-state index in [9.17, 15) is 24.2 Å². The van der Waals surface area contributed by atoms with E-state index in [4.69, 9.17) is 28.0 Å². The third kappa shape index (κ3) is 6.92. The van der Waals surface area contributed by atoms with Crippen LogP contribution in [0.1, 0.15) is 46.4 Å². The molecule has 7 atom stereocenters. The van der Waals surface area contributed by atoms with E-state index in [2.05, 4.69) is 26.2 Å². The van der Waals surface area contributed by atoms with Gasteiger partial charge in [-0.05, 0) is 31.2 Å². The lowest BCUT2D eigenvalue weighted by atomic mass is 10.0. The lowest BCUT2D eigenvalue weighted by Gasteiger charge is -2.30. The van der Waals surface area contributed by atoms with Gasteiger partial charge in [0.05, 0.1) is 31.0 Å². The number of ether oxygens (including phenoxy) is 4. The summed E-state index contributed by atoms with van der Waals surface area (Å²) in [5.74, 6) is -3.27. The zero-order valence-electron chi connectivity index (χ0n) is 29.4. The Morgan fingerprint density at radius 2 is 1.76 bits per heavy atom. The van der Waals surface area contributed by atoms with Crippen LogP contribution >= 0.6 is 7.75 Å². The van der Waals surface area contributed by atoms with Crippen molar-refractivity contribution in [2.24, 2.45) is 16.8 Å². The van der Waals surface area contributed by atoms with Gasteiger partial charge >= 0.3 is 25.7 Å². The van der Waals surface area contributed by atoms with Crippen molar-refractivity contribution in [2.45, 2.75) is 70.2 Å². The van der Waals surface area contributed by atoms with Crippen LogP contribution in [0, 0.1) is 23.2 Å². The number of hydrogen-bond donors (Lipinski definition) is 1. The van der Waals surface area contributed by atoms with Gasteiger partial charge in [0.2, 0.25) is 11.2 Å². The van der Waals surface area contributed by atoms with Crippen LogP contribution in [-0.2, 0) is 42.4 Å². The Hall–Kier alpha value is -4.88. The molecule has 1 N–H and O–H groups in total. The smallest absolute Gasteiger partial charge is 0.460 e. The highest BCUT2D eigenvalue weighted by atomic mass is 31.2. The number of carbonyl (C=O) groups is 3. The molecule has 1 saturated heterocycles. The molecule has 1 saturated carbocycles. The number of aromatic nitrogens is 3. The Bertz CT molecular complexity index is 1910. The molecule has 2 aromatic heterocycles. The maximum absolute atomic E-state index is 14.6. The Kier molecular flexibility index (Phi) is 10.5. The summed E-state index contributed by atoms with van der Waals surface area (Å²) in [4.78, 5) is 49.6. The number of rotatable bonds is 14. The number of nitriles is 1. The molecule has 0 spiro atoms. The number of hydrogen-bond acceptors (Lipinski definition) is 14. The molecule has 17 nitrogen and oxygen atoms in total. The molecule has 272 valence electrons. The third-order valence-electron chi connectivity index (χ3n) is 8.17. The SMILES string of the molecule is COC(=O)[C@H](C)N[P@@](=O)(Oc1ccccc1)OC1[C@@]2(C#N)O[C@@H](c3ccc4c(/N=C/N(C)C)ncnn34)[C@H](OC(=O)C(C)C)[C@@]12OC(=O)C(C)C. The lowest BCUT2D eigenvalue weighted by Crippen LogP contribution is -2.45. The second-order valence-electron chi connectivity index (χ2n) is 12.9. The van der Waals surface area contributed by atoms with E-state index in [1.165, 1.54) is 29.9 Å². The van der Waals surface area contributed by atoms with Crippen molar-refractivity contribution in [1.82, 2.24) is 24.6 Å². The summed E-state index contributed by atoms with van der Waals surface area (Å²) in [6.45, 7) is 7.73. The highest BCUT2D eigenvalue weighted by Gasteiger charge is 2.95. The second kappa shape index (κ2) is 14.4. The molecule has 2 fully saturated rings. The van der Waals surface area contributed by atoms with Crippen molar-refractivity contribution < 1.29 is 46.9 Å². The first-order valence-corrected chi connectivity index (χ1v) is 17.6. The van der Waals surface area contributed by atoms with Crippen LogP contribution in [0.5, 0.6) is 5.75 Å². The van der Waals surface area contributed by atoms with Crippen molar-refractivity contribution >= 4 is 43.3 Å². The van der Waals surface area contributed by atoms with Gasteiger partial charge in [-0.3, -0.25) is 18.9 Å². The predicted molar refractivity (Wildman–Crippen MR) is 180 cm³/mol. The average molecular weight is 726 g/mol. The van der Waals surface area contributed by atoms with Crippen LogP contribution in [0.4, 0.5) is 5.82 Å². The summed E-state index contributed by atoms with van der Waals surface area (Å²) in [5.41, 5.74) is -3.61. The number of nitrogens with one attached hydrogen (secondary N) is 1. The molecule has 3 heterocycles. The van der Waals surface area contributed by atoms with Crippen molar-refractivity contribution in [3.05, 3.63) is 54.5 Å². The molecule has 1 aliphatic heterocycles. The Morgan fingerprint density at radius 1 is 1.08 bits per heavy atom. The largest absolute Gasteiger partial charge is 0.468 e. The van der Waals surface area contributed by atoms with Crippen molar-refractivity contribution in [3.8, 4) is 11.8 Å². The summed E-state index contributed by atoms with van der Waals surface area (Å²) in [7, 11) is 0.0837. The Labute approximate surface area is 294 Å². The second-order valence-corrected chi connectivity index (χ2v) is 14.5. The zero-order valence-corrected chi connectivity index (χ0v) is 30.3. The highest BCUT2D eigenvalue weighted by Crippen LogP contribution is 2.71. The van der Waals surface area contributed by atoms with E-state index >= 15 is 0 Å². The fourth-order valence-corrected chi connectivity index (χ4v) is 7.28. The van der Waals surface area contributed by atoms with Crippen LogP contribution < -0.4 is 9.61 Å². The molecule has 1 aliphatic carbocycles. The quantitative estimate of drug-likeness (QED) is 0.0830. The van der Waals surface area contributed by atoms with Crippen LogP contribution in [0.2, 0.25) is 0 Å². The Balaban J connectivity index is 1.65. The first-order valence-electron chi connectivity index (χ1n) is 16.1. The number of methoxy groups -OCH3 is 1. The standard InChI is InChI=1S/C33H40N7O10P/c1-19(2)28(41)46-26-25(23-14-15-24-27(36-18-39(6)7)35-17-37-40(23)24)47-32(16-34)31(33(26,32)48-29(42)20(3)4)50-51(44,38-21(5)30(43)45-8)49-22-12-10-9-11-13-22/h9-15,17-21,25-26,31H,1-8H3,(H,38,44)/b36-18+/t21-,25-,26-,31?,32+,33+,51+/m0/s1. The van der Waals surface area contributed by atoms with Gasteiger partial charge < -0.3 is 28.4 Å². The van der Waals surface area contributed by atoms with Gasteiger partial charge in [-0.15, -0.1) is 0 Å². The number of benzene rings is 1. The normalized spacial score (nSPS) is 25.5. The molecule has 0 amide bonds. The molecular weight excluding hydrogens is 685 g/mol. The maximum atomic E-state index is 14.6. The lowest BCUT2D eigenvalue weighted by molar-refractivity contribution is -0.181. The van der Waals surface area contributed by atoms with Gasteiger partial charge in [0.25, 0.3) is 0 Å². The van der Waals surface area contributed by atoms with E-state index in [1.807, 2.05) is 0 Å². The molecule has 0 radical (unpaired) electrons. The summed E-state index contributed by atoms with van der Waals surface area (Å²) in [6, 6.07) is 12.1. The monoisotopic (exact) mass is 725 g/mol. The molecule has 5 rings (SSSR count). The van der Waals surface area contributed by atoms with Crippen LogP contribution in [0.15, 0.2) is 53.8 Å². The number of fused-ring (bicyclic) bond motifs is 2. The Morgan fingerprint density at radius 3 is 2.37 bits per heavy atom. The number of para-hydroxylation sites is 1. The maximum Gasteiger partial charge on any atom is 0.460 e. The van der Waals surface area contributed by atoms with Crippen LogP contribution in [0.3, 0.4) is 0 Å². The van der Waals surface area contributed by atoms with Crippen LogP contribution in [-0.4, -0.2) is 94.4 Å². The van der Waals surface area contributed by atoms with Crippen LogP contribution in [0.25, 0.3) is 5.52 Å². The average Bonchev–Trinajstić information content (AvgIpc) is 3.33. The number of esters is 3. The van der Waals surface area contributed by atoms with Gasteiger partial charge in [-0.1, -0.05) is 45.9 Å². The molecule has 51 heavy (non-hydrogen) atoms. The fraction of sp³-hybridized carbons (Fsp3) is 0.485. The number of nitrogens with zero attached hydrogens (tertiary/aromatic N) is 6. The van der Waals surface area contributed by atoms with Crippen molar-refractivity contribution in [2.75, 3.05) is 21.2 Å². The van der Waals surface area contributed by atoms with Crippen molar-refractivity contribution in [3.63, 3.8) is 0 Å². The number of carbonyl (C=O) groups excluding carboxylic acids is 3. The van der Waals surface area contributed by atoms with Gasteiger partial charge in [0.1, 0.15) is 35.8 Å². The highest BCUT2D eigenvalue weighted by molar-refractivity contribution is 7.52. The fourth-order valence-electron chi connectivity index (χ4n) is 5.57. The van der Waals surface area contributed by atoms with Gasteiger partial charge in [0, 0.05) is 14.1 Å². The number of aliphatic imine (C=N–C) groups is 1. The van der Waals surface area contributed by atoms with Gasteiger partial charge in [0.15, 0.2) is 18.0 Å². The molecule has 18 heteroatoms. The molecule has 3 aromatic rings. The predicted octanol–water partition coefficient (Wildman–Crippen LogP) is 3.53. The molecule has 0 bridgehead atoms. The third-order valence-corrected chi connectivity index (χ3v) is 9.81. The molecule has 1 aromatic carbocycles. The zero-order chi connectivity index (χ0) is 37.3. The van der Waals surface area contributed by atoms with Gasteiger partial charge in [-0.2, -0.15) is 15.4 Å². The van der Waals surface area contributed by atoms with E-state index in [-0.39, 0.29) is 5.75 Å². The molecule has 2 aliphatic rings. The summed E-state index contributed by atoms with van der Waals surface area (Å²) >= 11 is 0. The molecule has 1 unspecified atom stereocenters. The molecular formula is C33H40N7O10P. The summed E-state index contributed by atoms with van der Waals surface area (Å²) in [6.07, 6.45) is -1.64. The minimum atomic E-state index is -4.66. The van der Waals surface area contributed by atoms with E-state index in [1.54, 1.807) is 83.4 Å². The van der Waals surface area contributed by atoms with Crippen molar-refractivity contribution in [1.29, 1.82) is 5.26 Å².